The lowest BCUT2D eigenvalue weighted by molar-refractivity contribution is -0.104. The number of benzene rings is 2. The van der Waals surface area contributed by atoms with Crippen LogP contribution in [-0.2, 0) is 4.79 Å². The Labute approximate surface area is 225 Å². The summed E-state index contributed by atoms with van der Waals surface area (Å²) in [4.78, 5) is 18.4. The summed E-state index contributed by atoms with van der Waals surface area (Å²) in [6, 6.07) is 6.47. The maximum Gasteiger partial charge on any atom is 0.168 e. The summed E-state index contributed by atoms with van der Waals surface area (Å²) in [6.07, 6.45) is 5.50. The third kappa shape index (κ3) is 6.74. The van der Waals surface area contributed by atoms with Crippen LogP contribution in [0.1, 0.15) is 31.9 Å². The largest absolute Gasteiger partial charge is 0.493 e. The van der Waals surface area contributed by atoms with Crippen molar-refractivity contribution in [3.8, 4) is 28.0 Å². The van der Waals surface area contributed by atoms with Gasteiger partial charge >= 0.3 is 0 Å². The second-order valence-electron chi connectivity index (χ2n) is 9.76. The number of nitrogens with zero attached hydrogens (tertiary/aromatic N) is 1. The maximum absolute atomic E-state index is 14.4. The van der Waals surface area contributed by atoms with Crippen LogP contribution in [0, 0.1) is 24.4 Å². The molecule has 0 bridgehead atoms. The summed E-state index contributed by atoms with van der Waals surface area (Å²) < 4.78 is 47.8. The van der Waals surface area contributed by atoms with Crippen LogP contribution in [0.25, 0.3) is 39.4 Å². The molecule has 9 heteroatoms. The highest BCUT2D eigenvalue weighted by Crippen LogP contribution is 2.39. The Bertz CT molecular complexity index is 1520. The van der Waals surface area contributed by atoms with Crippen molar-refractivity contribution >= 4 is 23.4 Å². The zero-order valence-corrected chi connectivity index (χ0v) is 22.7. The van der Waals surface area contributed by atoms with Crippen molar-refractivity contribution in [3.63, 3.8) is 0 Å². The zero-order valence-electron chi connectivity index (χ0n) is 22.7. The molecule has 4 rings (SSSR count). The van der Waals surface area contributed by atoms with Crippen molar-refractivity contribution in [1.82, 2.24) is 15.3 Å². The average molecular weight is 540 g/mol. The highest BCUT2D eigenvalue weighted by molar-refractivity contribution is 5.97. The number of H-pyrrole nitrogens is 1. The van der Waals surface area contributed by atoms with Gasteiger partial charge in [0.1, 0.15) is 23.6 Å². The van der Waals surface area contributed by atoms with E-state index in [4.69, 9.17) is 9.84 Å². The fourth-order valence-electron chi connectivity index (χ4n) is 3.85. The van der Waals surface area contributed by atoms with Gasteiger partial charge in [-0.25, -0.2) is 18.2 Å². The number of nitrogens with one attached hydrogen (secondary N) is 2. The number of hydrogen-bond acceptors (Lipinski definition) is 5. The van der Waals surface area contributed by atoms with Gasteiger partial charge in [0.25, 0.3) is 0 Å². The topological polar surface area (TPSA) is 87.2 Å². The number of hydrogen-bond donors (Lipinski definition) is 3. The molecule has 0 amide bonds. The van der Waals surface area contributed by atoms with E-state index in [-0.39, 0.29) is 23.5 Å². The van der Waals surface area contributed by atoms with Crippen molar-refractivity contribution in [3.05, 3.63) is 76.9 Å². The minimum Gasteiger partial charge on any atom is -0.493 e. The second-order valence-corrected chi connectivity index (χ2v) is 9.76. The molecule has 0 saturated heterocycles. The number of aromatic nitrogens is 2. The van der Waals surface area contributed by atoms with Crippen LogP contribution in [0.5, 0.6) is 5.75 Å². The van der Waals surface area contributed by atoms with Gasteiger partial charge in [-0.1, -0.05) is 0 Å². The highest BCUT2D eigenvalue weighted by atomic mass is 19.1. The molecule has 0 aliphatic heterocycles. The van der Waals surface area contributed by atoms with E-state index in [1.165, 1.54) is 25.3 Å². The Morgan fingerprint density at radius 2 is 1.77 bits per heavy atom. The zero-order chi connectivity index (χ0) is 28.9. The van der Waals surface area contributed by atoms with E-state index in [0.717, 1.165) is 11.6 Å². The quantitative estimate of drug-likeness (QED) is 0.192. The summed E-state index contributed by atoms with van der Waals surface area (Å²) in [6.45, 7) is 7.53. The first-order valence-electron chi connectivity index (χ1n) is 12.2. The molecular weight excluding hydrogens is 507 g/mol. The first kappa shape index (κ1) is 29.6. The van der Waals surface area contributed by atoms with Gasteiger partial charge in [0, 0.05) is 46.1 Å². The van der Waals surface area contributed by atoms with E-state index in [1.54, 1.807) is 31.5 Å². The van der Waals surface area contributed by atoms with E-state index in [2.05, 4.69) is 15.3 Å². The number of halogens is 3. The summed E-state index contributed by atoms with van der Waals surface area (Å²) >= 11 is 0. The predicted molar refractivity (Wildman–Crippen MR) is 148 cm³/mol. The molecule has 0 atom stereocenters. The van der Waals surface area contributed by atoms with Gasteiger partial charge < -0.3 is 20.1 Å². The Morgan fingerprint density at radius 3 is 2.36 bits per heavy atom. The van der Waals surface area contributed by atoms with E-state index >= 15 is 0 Å². The summed E-state index contributed by atoms with van der Waals surface area (Å²) in [5.41, 5.74) is 4.13. The molecule has 0 saturated carbocycles. The van der Waals surface area contributed by atoms with Crippen molar-refractivity contribution in [1.29, 1.82) is 0 Å². The first-order chi connectivity index (χ1) is 18.4. The molecule has 39 heavy (non-hydrogen) atoms. The lowest BCUT2D eigenvalue weighted by Crippen LogP contribution is -2.39. The van der Waals surface area contributed by atoms with Crippen molar-refractivity contribution < 1.29 is 27.8 Å². The monoisotopic (exact) mass is 539 g/mol. The van der Waals surface area contributed by atoms with Crippen molar-refractivity contribution in [2.75, 3.05) is 20.8 Å². The summed E-state index contributed by atoms with van der Waals surface area (Å²) in [5.74, 6) is -2.10. The number of aldehydes is 1. The molecule has 4 aromatic rings. The average Bonchev–Trinajstić information content (AvgIpc) is 3.33. The minimum atomic E-state index is -0.816. The number of carbonyl (C=O) groups excluding carboxylic acids is 1. The molecule has 3 N–H and O–H groups in total. The maximum atomic E-state index is 14.4. The Kier molecular flexibility index (Phi) is 9.32. The van der Waals surface area contributed by atoms with Crippen LogP contribution in [0.15, 0.2) is 48.3 Å². The fraction of sp³-hybridized carbons (Fsp3) is 0.267. The van der Waals surface area contributed by atoms with Crippen LogP contribution in [0.2, 0.25) is 0 Å². The van der Waals surface area contributed by atoms with Gasteiger partial charge in [-0.05, 0) is 87.3 Å². The third-order valence-electron chi connectivity index (χ3n) is 6.40. The van der Waals surface area contributed by atoms with Crippen LogP contribution in [0.4, 0.5) is 13.2 Å². The Balaban J connectivity index is 0.000000532. The molecular formula is C30H32F3N3O3. The summed E-state index contributed by atoms with van der Waals surface area (Å²) in [7, 11) is 3.14. The molecule has 6 nitrogen and oxygen atoms in total. The van der Waals surface area contributed by atoms with E-state index in [9.17, 15) is 18.0 Å². The number of aliphatic hydroxyl groups is 1. The number of ether oxygens (including phenoxy) is 1. The van der Waals surface area contributed by atoms with Gasteiger partial charge in [-0.3, -0.25) is 4.79 Å². The number of rotatable bonds is 7. The number of methoxy groups -OCH3 is 1. The lowest BCUT2D eigenvalue weighted by Gasteiger charge is -2.19. The Morgan fingerprint density at radius 1 is 1.10 bits per heavy atom. The number of allylic oxidation sites excluding steroid dienone is 1. The van der Waals surface area contributed by atoms with E-state index in [0.29, 0.717) is 45.1 Å². The molecule has 0 unspecified atom stereocenters. The Hall–Kier alpha value is -3.95. The van der Waals surface area contributed by atoms with Gasteiger partial charge in [-0.15, -0.1) is 0 Å². The lowest BCUT2D eigenvalue weighted by atomic mass is 9.95. The highest BCUT2D eigenvalue weighted by Gasteiger charge is 2.18. The summed E-state index contributed by atoms with van der Waals surface area (Å²) in [5, 5.41) is 12.1. The predicted octanol–water partition coefficient (Wildman–Crippen LogP) is 6.21. The number of aromatic amines is 1. The van der Waals surface area contributed by atoms with Crippen LogP contribution in [-0.4, -0.2) is 47.7 Å². The van der Waals surface area contributed by atoms with Gasteiger partial charge in [-0.2, -0.15) is 0 Å². The fourth-order valence-corrected chi connectivity index (χ4v) is 3.85. The second kappa shape index (κ2) is 12.3. The van der Waals surface area contributed by atoms with E-state index < -0.39 is 17.5 Å². The molecule has 0 aliphatic carbocycles. The van der Waals surface area contributed by atoms with Gasteiger partial charge in [0.15, 0.2) is 11.6 Å². The first-order valence-corrected chi connectivity index (χ1v) is 12.2. The molecule has 0 aliphatic rings. The molecule has 0 radical (unpaired) electrons. The molecule has 0 fully saturated rings. The molecule has 2 aromatic carbocycles. The third-order valence-corrected chi connectivity index (χ3v) is 6.40. The standard InChI is InChI=1S/C25H19F3N2O2.C5H13NO/c1-13(12-31)4-15-5-17(26)7-19(14(15)2)16-6-21-22(11-30-25(21)29-10-16)20-8-18(27)9-23(28)24(20)32-3;1-5(2,4-7)6-3/h4-12H,1-3H3,(H,29,30);6-7H,4H2,1-3H3/b13-4+;. The van der Waals surface area contributed by atoms with Crippen LogP contribution in [0.3, 0.4) is 0 Å². The van der Waals surface area contributed by atoms with Gasteiger partial charge in [0.2, 0.25) is 0 Å². The smallest absolute Gasteiger partial charge is 0.168 e. The van der Waals surface area contributed by atoms with E-state index in [1.807, 2.05) is 27.8 Å². The molecule has 2 aromatic heterocycles. The van der Waals surface area contributed by atoms with Gasteiger partial charge in [0.05, 0.1) is 13.7 Å². The molecule has 0 spiro atoms. The van der Waals surface area contributed by atoms with Crippen LogP contribution < -0.4 is 10.1 Å². The SMILES string of the molecule is CNC(C)(C)CO.COc1c(F)cc(F)cc1-c1c[nH]c2ncc(-c3cc(F)cc(/C=C(\C)C=O)c3C)cc12. The number of aliphatic hydroxyl groups excluding tert-OH is 1. The van der Waals surface area contributed by atoms with Crippen LogP contribution >= 0.6 is 0 Å². The number of pyridine rings is 1. The minimum absolute atomic E-state index is 0.0867. The molecule has 206 valence electrons. The normalized spacial score (nSPS) is 11.8. The number of fused-ring (bicyclic) bond motifs is 1. The number of likely N-dealkylation sites (N-methyl/N-ethyl adjacent to an activating group) is 1. The van der Waals surface area contributed by atoms with Crippen molar-refractivity contribution in [2.24, 2.45) is 0 Å². The van der Waals surface area contributed by atoms with Crippen molar-refractivity contribution in [2.45, 2.75) is 33.2 Å². The molecule has 2 heterocycles. The number of carbonyl (C=O) groups is 1.